The molecule has 0 saturated heterocycles. The van der Waals surface area contributed by atoms with Crippen LogP contribution in [0.3, 0.4) is 0 Å². The van der Waals surface area contributed by atoms with Crippen LogP contribution in [0.1, 0.15) is 18.9 Å². The molecule has 0 atom stereocenters. The van der Waals surface area contributed by atoms with Crippen molar-refractivity contribution in [1.29, 1.82) is 0 Å². The van der Waals surface area contributed by atoms with E-state index in [2.05, 4.69) is 6.58 Å². The van der Waals surface area contributed by atoms with E-state index in [0.717, 1.165) is 5.56 Å². The number of esters is 1. The first-order valence-corrected chi connectivity index (χ1v) is 5.79. The van der Waals surface area contributed by atoms with E-state index in [1.54, 1.807) is 6.92 Å². The highest BCUT2D eigenvalue weighted by Gasteiger charge is 2.04. The Morgan fingerprint density at radius 1 is 1.47 bits per heavy atom. The summed E-state index contributed by atoms with van der Waals surface area (Å²) >= 11 is 5.99. The summed E-state index contributed by atoms with van der Waals surface area (Å²) in [6.07, 6.45) is 4.18. The largest absolute Gasteiger partial charge is 0.463 e. The molecule has 0 heterocycles. The Balaban J connectivity index is 2.54. The highest BCUT2D eigenvalue weighted by atomic mass is 35.5. The molecule has 2 nitrogen and oxygen atoms in total. The van der Waals surface area contributed by atoms with E-state index in [9.17, 15) is 4.79 Å². The van der Waals surface area contributed by atoms with E-state index in [1.165, 1.54) is 0 Å². The molecule has 0 bridgehead atoms. The number of hydrogen-bond acceptors (Lipinski definition) is 2. The van der Waals surface area contributed by atoms with Gasteiger partial charge in [0.25, 0.3) is 0 Å². The van der Waals surface area contributed by atoms with E-state index >= 15 is 0 Å². The van der Waals surface area contributed by atoms with Crippen molar-refractivity contribution in [2.24, 2.45) is 0 Å². The second-order valence-electron chi connectivity index (χ2n) is 3.45. The van der Waals surface area contributed by atoms with Crippen molar-refractivity contribution in [2.45, 2.75) is 13.3 Å². The molecule has 0 aliphatic carbocycles. The lowest BCUT2D eigenvalue weighted by Gasteiger charge is -2.02. The lowest BCUT2D eigenvalue weighted by Crippen LogP contribution is -2.05. The minimum Gasteiger partial charge on any atom is -0.463 e. The Kier molecular flexibility index (Phi) is 5.50. The average molecular weight is 251 g/mol. The second kappa shape index (κ2) is 6.92. The molecule has 1 aromatic carbocycles. The molecule has 0 aliphatic heterocycles. The van der Waals surface area contributed by atoms with Gasteiger partial charge in [-0.15, -0.1) is 0 Å². The summed E-state index contributed by atoms with van der Waals surface area (Å²) in [4.78, 5) is 11.3. The molecule has 17 heavy (non-hydrogen) atoms. The summed E-state index contributed by atoms with van der Waals surface area (Å²) in [6.45, 7) is 5.80. The van der Waals surface area contributed by atoms with Crippen molar-refractivity contribution < 1.29 is 9.53 Å². The smallest absolute Gasteiger partial charge is 0.333 e. The number of carbonyl (C=O) groups excluding carboxylic acids is 1. The van der Waals surface area contributed by atoms with Crippen molar-refractivity contribution in [3.05, 3.63) is 53.1 Å². The minimum absolute atomic E-state index is 0.351. The summed E-state index contributed by atoms with van der Waals surface area (Å²) < 4.78 is 4.83. The topological polar surface area (TPSA) is 26.3 Å². The third-order valence-electron chi connectivity index (χ3n) is 2.13. The van der Waals surface area contributed by atoms with Crippen LogP contribution in [-0.2, 0) is 9.53 Å². The van der Waals surface area contributed by atoms with Crippen LogP contribution in [0.5, 0.6) is 0 Å². The van der Waals surface area contributed by atoms with Crippen LogP contribution in [0.15, 0.2) is 42.5 Å². The Morgan fingerprint density at radius 2 is 2.18 bits per heavy atom. The Hall–Kier alpha value is -1.54. The van der Waals surface area contributed by atoms with Crippen molar-refractivity contribution in [3.8, 4) is 0 Å². The Labute approximate surface area is 107 Å². The van der Waals surface area contributed by atoms with Crippen molar-refractivity contribution in [2.75, 3.05) is 6.61 Å². The first kappa shape index (κ1) is 13.5. The summed E-state index contributed by atoms with van der Waals surface area (Å²) in [7, 11) is 0. The number of rotatable bonds is 5. The highest BCUT2D eigenvalue weighted by Crippen LogP contribution is 2.17. The molecular formula is C14H15ClO2. The van der Waals surface area contributed by atoms with Crippen LogP contribution in [0.2, 0.25) is 5.02 Å². The highest BCUT2D eigenvalue weighted by molar-refractivity contribution is 6.32. The molecule has 0 spiro atoms. The number of allylic oxidation sites excluding steroid dienone is 1. The first-order chi connectivity index (χ1) is 8.15. The zero-order valence-electron chi connectivity index (χ0n) is 9.78. The fraction of sp³-hybridized carbons (Fsp3) is 0.214. The van der Waals surface area contributed by atoms with E-state index in [1.807, 2.05) is 36.4 Å². The Morgan fingerprint density at radius 3 is 2.82 bits per heavy atom. The summed E-state index contributed by atoms with van der Waals surface area (Å²) in [5.74, 6) is -0.351. The van der Waals surface area contributed by atoms with Gasteiger partial charge in [0.1, 0.15) is 0 Å². The van der Waals surface area contributed by atoms with Crippen LogP contribution >= 0.6 is 11.6 Å². The van der Waals surface area contributed by atoms with Gasteiger partial charge in [-0.25, -0.2) is 4.79 Å². The molecule has 0 aromatic heterocycles. The molecule has 90 valence electrons. The van der Waals surface area contributed by atoms with Crippen molar-refractivity contribution in [1.82, 2.24) is 0 Å². The minimum atomic E-state index is -0.351. The fourth-order valence-electron chi connectivity index (χ4n) is 1.25. The number of benzene rings is 1. The molecule has 0 radical (unpaired) electrons. The zero-order chi connectivity index (χ0) is 12.7. The summed E-state index contributed by atoms with van der Waals surface area (Å²) in [6, 6.07) is 7.51. The third kappa shape index (κ3) is 4.45. The molecule has 0 unspecified atom stereocenters. The van der Waals surface area contributed by atoms with Crippen LogP contribution in [0, 0.1) is 0 Å². The van der Waals surface area contributed by atoms with Gasteiger partial charge < -0.3 is 4.74 Å². The average Bonchev–Trinajstić information content (AvgIpc) is 2.31. The van der Waals surface area contributed by atoms with E-state index in [0.29, 0.717) is 23.6 Å². The number of ether oxygens (including phenoxy) is 1. The van der Waals surface area contributed by atoms with Crippen molar-refractivity contribution in [3.63, 3.8) is 0 Å². The number of carbonyl (C=O) groups is 1. The Bertz CT molecular complexity index is 436. The molecule has 0 N–H and O–H groups in total. The fourth-order valence-corrected chi connectivity index (χ4v) is 1.45. The van der Waals surface area contributed by atoms with E-state index < -0.39 is 0 Å². The molecule has 0 amide bonds. The van der Waals surface area contributed by atoms with Gasteiger partial charge >= 0.3 is 5.97 Å². The van der Waals surface area contributed by atoms with Gasteiger partial charge in [-0.05, 0) is 25.0 Å². The molecule has 1 rings (SSSR count). The predicted octanol–water partition coefficient (Wildman–Crippen LogP) is 3.86. The van der Waals surface area contributed by atoms with Gasteiger partial charge in [0.15, 0.2) is 0 Å². The monoisotopic (exact) mass is 250 g/mol. The zero-order valence-corrected chi connectivity index (χ0v) is 10.5. The molecule has 0 aliphatic rings. The summed E-state index contributed by atoms with van der Waals surface area (Å²) in [5.41, 5.74) is 1.36. The maximum Gasteiger partial charge on any atom is 0.333 e. The standard InChI is InChI=1S/C14H15ClO2/c1-3-17-14(16)11(2)7-6-9-12-8-4-5-10-13(12)15/h4-6,8-10H,2-3,7H2,1H3/b9-6+. The lowest BCUT2D eigenvalue weighted by atomic mass is 10.1. The predicted molar refractivity (Wildman–Crippen MR) is 70.9 cm³/mol. The summed E-state index contributed by atoms with van der Waals surface area (Å²) in [5, 5.41) is 0.686. The lowest BCUT2D eigenvalue weighted by molar-refractivity contribution is -0.138. The quantitative estimate of drug-likeness (QED) is 0.586. The van der Waals surface area contributed by atoms with Gasteiger partial charge in [-0.1, -0.05) is 48.5 Å². The van der Waals surface area contributed by atoms with Crippen LogP contribution < -0.4 is 0 Å². The van der Waals surface area contributed by atoms with Crippen molar-refractivity contribution >= 4 is 23.6 Å². The van der Waals surface area contributed by atoms with Crippen LogP contribution in [0.25, 0.3) is 6.08 Å². The molecule has 3 heteroatoms. The van der Waals surface area contributed by atoms with Crippen LogP contribution in [0.4, 0.5) is 0 Å². The molecule has 1 aromatic rings. The van der Waals surface area contributed by atoms with Gasteiger partial charge in [0.2, 0.25) is 0 Å². The maximum atomic E-state index is 11.3. The van der Waals surface area contributed by atoms with Crippen LogP contribution in [-0.4, -0.2) is 12.6 Å². The third-order valence-corrected chi connectivity index (χ3v) is 2.48. The van der Waals surface area contributed by atoms with E-state index in [4.69, 9.17) is 16.3 Å². The normalized spacial score (nSPS) is 10.5. The number of halogens is 1. The second-order valence-corrected chi connectivity index (χ2v) is 3.86. The molecule has 0 fully saturated rings. The van der Waals surface area contributed by atoms with Gasteiger partial charge in [-0.3, -0.25) is 0 Å². The molecule has 0 saturated carbocycles. The SMILES string of the molecule is C=C(C/C=C/c1ccccc1Cl)C(=O)OCC. The van der Waals surface area contributed by atoms with Gasteiger partial charge in [0.05, 0.1) is 6.61 Å². The molecular weight excluding hydrogens is 236 g/mol. The first-order valence-electron chi connectivity index (χ1n) is 5.41. The van der Waals surface area contributed by atoms with E-state index in [-0.39, 0.29) is 5.97 Å². The van der Waals surface area contributed by atoms with Gasteiger partial charge in [-0.2, -0.15) is 0 Å². The maximum absolute atomic E-state index is 11.3. The van der Waals surface area contributed by atoms with Gasteiger partial charge in [0, 0.05) is 10.6 Å². The number of hydrogen-bond donors (Lipinski definition) is 0.